The molecule has 1 aliphatic heterocycles. The molecule has 31 heavy (non-hydrogen) atoms. The summed E-state index contributed by atoms with van der Waals surface area (Å²) < 4.78 is 1.78. The molecule has 0 fully saturated rings. The van der Waals surface area contributed by atoms with Crippen molar-refractivity contribution in [1.29, 1.82) is 0 Å². The third-order valence-electron chi connectivity index (χ3n) is 5.56. The maximum Gasteiger partial charge on any atom is 0.256 e. The summed E-state index contributed by atoms with van der Waals surface area (Å²) in [6.07, 6.45) is 4.40. The molecule has 1 aliphatic rings. The first-order valence-electron chi connectivity index (χ1n) is 10.1. The van der Waals surface area contributed by atoms with E-state index < -0.39 is 5.60 Å². The molecule has 0 saturated heterocycles. The van der Waals surface area contributed by atoms with Gasteiger partial charge in [-0.2, -0.15) is 14.7 Å². The molecule has 0 unspecified atom stereocenters. The van der Waals surface area contributed by atoms with Crippen LogP contribution in [-0.4, -0.2) is 42.4 Å². The van der Waals surface area contributed by atoms with Crippen molar-refractivity contribution in [3.05, 3.63) is 71.2 Å². The van der Waals surface area contributed by atoms with Gasteiger partial charge >= 0.3 is 0 Å². The zero-order valence-electron chi connectivity index (χ0n) is 17.3. The minimum absolute atomic E-state index is 0.264. The largest absolute Gasteiger partial charge is 0.386 e. The number of nitrogens with one attached hydrogen (secondary N) is 2. The molecule has 158 valence electrons. The monoisotopic (exact) mass is 417 g/mol. The normalized spacial score (nSPS) is 14.0. The summed E-state index contributed by atoms with van der Waals surface area (Å²) in [7, 11) is 0. The summed E-state index contributed by atoms with van der Waals surface area (Å²) >= 11 is 0. The maximum atomic E-state index is 12.8. The Bertz CT molecular complexity index is 1250. The van der Waals surface area contributed by atoms with Gasteiger partial charge in [0.1, 0.15) is 11.6 Å². The van der Waals surface area contributed by atoms with Crippen molar-refractivity contribution in [1.82, 2.24) is 24.8 Å². The van der Waals surface area contributed by atoms with E-state index >= 15 is 0 Å². The van der Waals surface area contributed by atoms with Crippen molar-refractivity contribution >= 4 is 23.2 Å². The van der Waals surface area contributed by atoms with Crippen molar-refractivity contribution in [2.24, 2.45) is 0 Å². The van der Waals surface area contributed by atoms with Crippen molar-refractivity contribution in [2.75, 3.05) is 16.8 Å². The number of fused-ring (bicyclic) bond motifs is 2. The smallest absolute Gasteiger partial charge is 0.256 e. The van der Waals surface area contributed by atoms with Gasteiger partial charge in [-0.15, -0.1) is 0 Å². The Kier molecular flexibility index (Phi) is 4.48. The Morgan fingerprint density at radius 2 is 2.03 bits per heavy atom. The molecule has 0 atom stereocenters. The first-order valence-corrected chi connectivity index (χ1v) is 10.1. The second-order valence-electron chi connectivity index (χ2n) is 8.24. The minimum atomic E-state index is -0.957. The van der Waals surface area contributed by atoms with Crippen molar-refractivity contribution < 1.29 is 9.90 Å². The van der Waals surface area contributed by atoms with E-state index in [0.717, 1.165) is 35.6 Å². The zero-order valence-corrected chi connectivity index (χ0v) is 17.3. The van der Waals surface area contributed by atoms with Gasteiger partial charge in [-0.1, -0.05) is 12.1 Å². The van der Waals surface area contributed by atoms with Gasteiger partial charge in [-0.3, -0.25) is 9.89 Å². The summed E-state index contributed by atoms with van der Waals surface area (Å²) in [4.78, 5) is 19.5. The number of nitrogens with zero attached hydrogens (tertiary/aromatic N) is 5. The van der Waals surface area contributed by atoms with Gasteiger partial charge < -0.3 is 15.3 Å². The molecule has 1 amide bonds. The Balaban J connectivity index is 1.42. The van der Waals surface area contributed by atoms with Gasteiger partial charge in [-0.05, 0) is 31.5 Å². The SMILES string of the molecule is CC(C)(O)c1ccc(C(=O)Nc2cc(N3CCc4[nH]ncc4C3)n3nccc3n2)cc1. The van der Waals surface area contributed by atoms with E-state index in [2.05, 4.69) is 30.5 Å². The van der Waals surface area contributed by atoms with Crippen molar-refractivity contribution in [3.63, 3.8) is 0 Å². The molecule has 3 N–H and O–H groups in total. The summed E-state index contributed by atoms with van der Waals surface area (Å²) in [6, 6.07) is 10.6. The molecular weight excluding hydrogens is 394 g/mol. The molecule has 3 aromatic heterocycles. The van der Waals surface area contributed by atoms with Crippen LogP contribution >= 0.6 is 0 Å². The van der Waals surface area contributed by atoms with Crippen molar-refractivity contribution in [2.45, 2.75) is 32.4 Å². The summed E-state index contributed by atoms with van der Waals surface area (Å²) in [5.74, 6) is 1.05. The second-order valence-corrected chi connectivity index (χ2v) is 8.24. The number of anilines is 2. The molecule has 0 spiro atoms. The molecule has 9 heteroatoms. The number of benzene rings is 1. The van der Waals surface area contributed by atoms with Crippen LogP contribution in [0.25, 0.3) is 5.65 Å². The van der Waals surface area contributed by atoms with E-state index in [9.17, 15) is 9.90 Å². The number of aliphatic hydroxyl groups is 1. The molecule has 0 bridgehead atoms. The Hall–Kier alpha value is -3.72. The van der Waals surface area contributed by atoms with Gasteiger partial charge in [0.15, 0.2) is 5.65 Å². The maximum absolute atomic E-state index is 12.8. The van der Waals surface area contributed by atoms with Crippen LogP contribution < -0.4 is 10.2 Å². The number of carbonyl (C=O) groups excluding carboxylic acids is 1. The number of carbonyl (C=O) groups is 1. The minimum Gasteiger partial charge on any atom is -0.386 e. The number of H-pyrrole nitrogens is 1. The molecular formula is C22H23N7O2. The Morgan fingerprint density at radius 1 is 1.23 bits per heavy atom. The van der Waals surface area contributed by atoms with Crippen LogP contribution in [0.4, 0.5) is 11.6 Å². The number of aromatic amines is 1. The molecule has 9 nitrogen and oxygen atoms in total. The number of amides is 1. The number of aromatic nitrogens is 5. The van der Waals surface area contributed by atoms with Crippen LogP contribution in [-0.2, 0) is 18.6 Å². The van der Waals surface area contributed by atoms with Crippen LogP contribution in [0.5, 0.6) is 0 Å². The van der Waals surface area contributed by atoms with E-state index in [1.807, 2.05) is 18.3 Å². The number of hydrogen-bond donors (Lipinski definition) is 3. The van der Waals surface area contributed by atoms with Crippen LogP contribution in [0.3, 0.4) is 0 Å². The molecule has 0 radical (unpaired) electrons. The van der Waals surface area contributed by atoms with E-state index in [-0.39, 0.29) is 5.91 Å². The summed E-state index contributed by atoms with van der Waals surface area (Å²) in [5.41, 5.74) is 3.25. The topological polar surface area (TPSA) is 111 Å². The zero-order chi connectivity index (χ0) is 21.6. The third kappa shape index (κ3) is 3.64. The molecule has 5 rings (SSSR count). The van der Waals surface area contributed by atoms with Crippen molar-refractivity contribution in [3.8, 4) is 0 Å². The lowest BCUT2D eigenvalue weighted by molar-refractivity contribution is 0.0785. The quantitative estimate of drug-likeness (QED) is 0.470. The lowest BCUT2D eigenvalue weighted by Crippen LogP contribution is -2.32. The van der Waals surface area contributed by atoms with Gasteiger partial charge in [0.2, 0.25) is 0 Å². The molecule has 4 heterocycles. The van der Waals surface area contributed by atoms with Gasteiger partial charge in [0.05, 0.1) is 18.0 Å². The van der Waals surface area contributed by atoms with Crippen LogP contribution in [0.15, 0.2) is 48.8 Å². The highest BCUT2D eigenvalue weighted by Crippen LogP contribution is 2.26. The predicted octanol–water partition coefficient (Wildman–Crippen LogP) is 2.49. The predicted molar refractivity (Wildman–Crippen MR) is 116 cm³/mol. The van der Waals surface area contributed by atoms with E-state index in [0.29, 0.717) is 23.6 Å². The number of hydrogen-bond acceptors (Lipinski definition) is 6. The third-order valence-corrected chi connectivity index (χ3v) is 5.56. The van der Waals surface area contributed by atoms with Crippen LogP contribution in [0.2, 0.25) is 0 Å². The lowest BCUT2D eigenvalue weighted by Gasteiger charge is -2.28. The van der Waals surface area contributed by atoms with Gasteiger partial charge in [-0.25, -0.2) is 4.98 Å². The van der Waals surface area contributed by atoms with E-state index in [1.165, 1.54) is 0 Å². The Labute approximate surface area is 178 Å². The fourth-order valence-electron chi connectivity index (χ4n) is 3.82. The van der Waals surface area contributed by atoms with Crippen LogP contribution in [0.1, 0.15) is 41.0 Å². The first-order chi connectivity index (χ1) is 14.9. The van der Waals surface area contributed by atoms with E-state index in [1.54, 1.807) is 48.8 Å². The highest BCUT2D eigenvalue weighted by molar-refractivity contribution is 6.04. The van der Waals surface area contributed by atoms with Crippen LogP contribution in [0, 0.1) is 0 Å². The molecule has 0 aliphatic carbocycles. The van der Waals surface area contributed by atoms with Gasteiger partial charge in [0.25, 0.3) is 5.91 Å². The molecule has 0 saturated carbocycles. The lowest BCUT2D eigenvalue weighted by atomic mass is 9.97. The summed E-state index contributed by atoms with van der Waals surface area (Å²) in [6.45, 7) is 4.93. The average molecular weight is 417 g/mol. The highest BCUT2D eigenvalue weighted by atomic mass is 16.3. The molecule has 1 aromatic carbocycles. The average Bonchev–Trinajstić information content (AvgIpc) is 3.41. The number of rotatable bonds is 4. The highest BCUT2D eigenvalue weighted by Gasteiger charge is 2.22. The molecule has 4 aromatic rings. The second kappa shape index (κ2) is 7.21. The van der Waals surface area contributed by atoms with E-state index in [4.69, 9.17) is 0 Å². The van der Waals surface area contributed by atoms with Gasteiger partial charge in [0, 0.05) is 48.5 Å². The summed E-state index contributed by atoms with van der Waals surface area (Å²) in [5, 5.41) is 24.6. The Morgan fingerprint density at radius 3 is 2.81 bits per heavy atom. The standard InChI is InChI=1S/C22H23N7O2/c1-22(2,31)16-5-3-14(4-6-16)21(30)26-18-11-20(29-19(25-18)7-9-24-29)28-10-8-17-15(13-28)12-23-27-17/h3-7,9,11-12,31H,8,10,13H2,1-2H3,(H,23,27)(H,25,26,30). The first kappa shape index (κ1) is 19.3. The fraction of sp³-hybridized carbons (Fsp3) is 0.273. The fourth-order valence-corrected chi connectivity index (χ4v) is 3.82.